The fourth-order valence-electron chi connectivity index (χ4n) is 3.80. The van der Waals surface area contributed by atoms with Gasteiger partial charge in [-0.2, -0.15) is 0 Å². The van der Waals surface area contributed by atoms with Gasteiger partial charge in [0.25, 0.3) is 0 Å². The zero-order chi connectivity index (χ0) is 21.9. The van der Waals surface area contributed by atoms with E-state index < -0.39 is 22.8 Å². The number of pyridine rings is 2. The molecule has 0 aliphatic carbocycles. The summed E-state index contributed by atoms with van der Waals surface area (Å²) in [5, 5.41) is 9.82. The van der Waals surface area contributed by atoms with Crippen molar-refractivity contribution in [2.45, 2.75) is 5.92 Å². The van der Waals surface area contributed by atoms with Crippen LogP contribution in [0.4, 0.5) is 10.2 Å². The maximum Gasteiger partial charge on any atom is 0.341 e. The normalized spacial score (nSPS) is 17.3. The first kappa shape index (κ1) is 19.7. The third-order valence-corrected chi connectivity index (χ3v) is 6.31. The van der Waals surface area contributed by atoms with Gasteiger partial charge in [-0.15, -0.1) is 0 Å². The maximum absolute atomic E-state index is 15.0. The van der Waals surface area contributed by atoms with Gasteiger partial charge >= 0.3 is 5.97 Å². The number of aromatic nitrogens is 4. The minimum atomic E-state index is -1.39. The number of fused-ring (bicyclic) bond motifs is 1. The van der Waals surface area contributed by atoms with Crippen LogP contribution in [0.1, 0.15) is 22.1 Å². The second-order valence-electron chi connectivity index (χ2n) is 7.51. The molecule has 5 heterocycles. The molecular formula is C19H18FN7O3S. The minimum Gasteiger partial charge on any atom is -0.477 e. The Morgan fingerprint density at radius 3 is 2.71 bits per heavy atom. The number of imidazole rings is 1. The number of aromatic carboxylic acids is 1. The second kappa shape index (κ2) is 7.17. The molecule has 10 nitrogen and oxygen atoms in total. The van der Waals surface area contributed by atoms with E-state index in [2.05, 4.69) is 15.0 Å². The molecule has 0 atom stereocenters. The van der Waals surface area contributed by atoms with Crippen LogP contribution in [0, 0.1) is 5.82 Å². The number of halogens is 1. The standard InChI is InChI=1S/C19H18FN7O3S/c1-24-4-3-21-15(24)10-6-26(7-10)17-13(20)5-11-14(28)12(18(29)30)8-27(16(11)23-17)19-22-9-25(2)31-19/h3-5,8,10H,6-7,9H2,1-2H3,(H,29,30). The second-order valence-corrected chi connectivity index (χ2v) is 8.68. The average molecular weight is 443 g/mol. The van der Waals surface area contributed by atoms with Gasteiger partial charge in [-0.25, -0.2) is 28.5 Å². The maximum atomic E-state index is 15.0. The van der Waals surface area contributed by atoms with Crippen LogP contribution in [0.5, 0.6) is 0 Å². The van der Waals surface area contributed by atoms with Crippen molar-refractivity contribution < 1.29 is 14.3 Å². The first-order chi connectivity index (χ1) is 14.8. The molecule has 0 saturated carbocycles. The lowest BCUT2D eigenvalue weighted by molar-refractivity contribution is 0.0695. The third kappa shape index (κ3) is 3.18. The van der Waals surface area contributed by atoms with Crippen LogP contribution < -0.4 is 10.3 Å². The summed E-state index contributed by atoms with van der Waals surface area (Å²) in [6.07, 6.45) is 4.80. The van der Waals surface area contributed by atoms with E-state index in [1.807, 2.05) is 29.2 Å². The van der Waals surface area contributed by atoms with Crippen molar-refractivity contribution in [1.29, 1.82) is 0 Å². The Bertz CT molecular complexity index is 1310. The van der Waals surface area contributed by atoms with Gasteiger partial charge in [0.1, 0.15) is 18.1 Å². The molecule has 0 aromatic carbocycles. The van der Waals surface area contributed by atoms with Crippen molar-refractivity contribution in [3.63, 3.8) is 0 Å². The van der Waals surface area contributed by atoms with Crippen molar-refractivity contribution in [2.75, 3.05) is 31.7 Å². The highest BCUT2D eigenvalue weighted by atomic mass is 32.2. The monoisotopic (exact) mass is 443 g/mol. The molecule has 0 amide bonds. The highest BCUT2D eigenvalue weighted by molar-refractivity contribution is 8.12. The molecule has 1 saturated heterocycles. The SMILES string of the molecule is CN1CN=C(n2cc(C(=O)O)c(=O)c3cc(F)c(N4CC(c5nccn5C)C4)nc32)S1. The Morgan fingerprint density at radius 1 is 1.32 bits per heavy atom. The Kier molecular flexibility index (Phi) is 4.55. The number of carboxylic acid groups (broad SMARTS) is 1. The van der Waals surface area contributed by atoms with Crippen LogP contribution in [-0.4, -0.2) is 66.5 Å². The van der Waals surface area contributed by atoms with Crippen molar-refractivity contribution in [2.24, 2.45) is 12.0 Å². The van der Waals surface area contributed by atoms with Gasteiger partial charge in [0.2, 0.25) is 5.43 Å². The molecule has 2 aliphatic heterocycles. The van der Waals surface area contributed by atoms with E-state index in [-0.39, 0.29) is 22.8 Å². The molecule has 1 N–H and O–H groups in total. The summed E-state index contributed by atoms with van der Waals surface area (Å²) >= 11 is 1.29. The van der Waals surface area contributed by atoms with Crippen molar-refractivity contribution in [1.82, 2.24) is 23.4 Å². The molecule has 31 heavy (non-hydrogen) atoms. The molecule has 160 valence electrons. The number of hydrogen-bond acceptors (Lipinski definition) is 8. The van der Waals surface area contributed by atoms with E-state index >= 15 is 0 Å². The highest BCUT2D eigenvalue weighted by Crippen LogP contribution is 2.32. The zero-order valence-corrected chi connectivity index (χ0v) is 17.5. The molecule has 5 rings (SSSR count). The zero-order valence-electron chi connectivity index (χ0n) is 16.7. The van der Waals surface area contributed by atoms with Crippen LogP contribution in [0.15, 0.2) is 34.4 Å². The van der Waals surface area contributed by atoms with E-state index in [0.29, 0.717) is 24.9 Å². The number of aryl methyl sites for hydroxylation is 1. The molecule has 0 unspecified atom stereocenters. The summed E-state index contributed by atoms with van der Waals surface area (Å²) in [4.78, 5) is 39.2. The molecule has 3 aromatic rings. The van der Waals surface area contributed by atoms with Gasteiger partial charge in [-0.05, 0) is 25.1 Å². The summed E-state index contributed by atoms with van der Waals surface area (Å²) in [6.45, 7) is 1.48. The van der Waals surface area contributed by atoms with E-state index in [1.165, 1.54) is 22.7 Å². The predicted molar refractivity (Wildman–Crippen MR) is 114 cm³/mol. The Hall–Kier alpha value is -3.25. The summed E-state index contributed by atoms with van der Waals surface area (Å²) in [5.41, 5.74) is -1.06. The van der Waals surface area contributed by atoms with Crippen LogP contribution in [0.2, 0.25) is 0 Å². The van der Waals surface area contributed by atoms with Gasteiger partial charge in [0, 0.05) is 38.7 Å². The molecule has 0 spiro atoms. The van der Waals surface area contributed by atoms with Crippen molar-refractivity contribution in [3.8, 4) is 0 Å². The molecule has 0 bridgehead atoms. The first-order valence-electron chi connectivity index (χ1n) is 9.48. The van der Waals surface area contributed by atoms with Crippen molar-refractivity contribution in [3.05, 3.63) is 52.1 Å². The van der Waals surface area contributed by atoms with E-state index in [0.717, 1.165) is 11.9 Å². The number of anilines is 1. The lowest BCUT2D eigenvalue weighted by atomic mass is 9.99. The number of aliphatic imine (C=N–C) groups is 1. The highest BCUT2D eigenvalue weighted by Gasteiger charge is 2.34. The Balaban J connectivity index is 1.60. The number of carboxylic acids is 1. The fourth-order valence-corrected chi connectivity index (χ4v) is 4.53. The summed E-state index contributed by atoms with van der Waals surface area (Å²) in [7, 11) is 3.75. The van der Waals surface area contributed by atoms with Gasteiger partial charge in [-0.3, -0.25) is 9.36 Å². The van der Waals surface area contributed by atoms with E-state index in [9.17, 15) is 19.1 Å². The quantitative estimate of drug-likeness (QED) is 0.604. The van der Waals surface area contributed by atoms with Gasteiger partial charge in [0.05, 0.1) is 11.3 Å². The van der Waals surface area contributed by atoms with Gasteiger partial charge in [-0.1, -0.05) is 0 Å². The average Bonchev–Trinajstić information content (AvgIpc) is 3.30. The molecule has 0 radical (unpaired) electrons. The van der Waals surface area contributed by atoms with E-state index in [4.69, 9.17) is 0 Å². The molecule has 3 aromatic heterocycles. The summed E-state index contributed by atoms with van der Waals surface area (Å²) in [5.74, 6) is -0.874. The predicted octanol–water partition coefficient (Wildman–Crippen LogP) is 1.33. The Labute approximate surface area is 179 Å². The van der Waals surface area contributed by atoms with Crippen LogP contribution in [0.3, 0.4) is 0 Å². The number of nitrogens with zero attached hydrogens (tertiary/aromatic N) is 7. The largest absolute Gasteiger partial charge is 0.477 e. The molecular weight excluding hydrogens is 425 g/mol. The molecule has 1 fully saturated rings. The van der Waals surface area contributed by atoms with Gasteiger partial charge < -0.3 is 14.6 Å². The molecule has 2 aliphatic rings. The van der Waals surface area contributed by atoms with Crippen LogP contribution in [-0.2, 0) is 7.05 Å². The summed E-state index contributed by atoms with van der Waals surface area (Å²) in [6, 6.07) is 1.07. The Morgan fingerprint density at radius 2 is 2.10 bits per heavy atom. The smallest absolute Gasteiger partial charge is 0.341 e. The lowest BCUT2D eigenvalue weighted by Gasteiger charge is -2.39. The van der Waals surface area contributed by atoms with Crippen molar-refractivity contribution >= 4 is 39.9 Å². The summed E-state index contributed by atoms with van der Waals surface area (Å²) < 4.78 is 20.2. The van der Waals surface area contributed by atoms with Crippen LogP contribution in [0.25, 0.3) is 11.0 Å². The number of carbonyl (C=O) groups is 1. The minimum absolute atomic E-state index is 0.0971. The number of hydrogen-bond donors (Lipinski definition) is 1. The third-order valence-electron chi connectivity index (χ3n) is 5.40. The molecule has 12 heteroatoms. The van der Waals surface area contributed by atoms with Gasteiger partial charge in [0.15, 0.2) is 22.4 Å². The topological polar surface area (TPSA) is 109 Å². The first-order valence-corrected chi connectivity index (χ1v) is 10.3. The lowest BCUT2D eigenvalue weighted by Crippen LogP contribution is -2.47. The van der Waals surface area contributed by atoms with Crippen LogP contribution >= 0.6 is 11.9 Å². The van der Waals surface area contributed by atoms with E-state index in [1.54, 1.807) is 11.1 Å². The number of rotatable bonds is 3. The fraction of sp³-hybridized carbons (Fsp3) is 0.316.